The topological polar surface area (TPSA) is 159 Å². The third-order valence-corrected chi connectivity index (χ3v) is 5.00. The van der Waals surface area contributed by atoms with E-state index in [2.05, 4.69) is 10.2 Å². The van der Waals surface area contributed by atoms with E-state index in [4.69, 9.17) is 10.3 Å². The molecule has 0 heterocycles. The Morgan fingerprint density at radius 2 is 1.46 bits per heavy atom. The summed E-state index contributed by atoms with van der Waals surface area (Å²) in [7, 11) is -8.81. The average Bonchev–Trinajstić information content (AvgIpc) is 2.44. The molecule has 0 radical (unpaired) electrons. The molecule has 0 saturated carbocycles. The zero-order valence-electron chi connectivity index (χ0n) is 12.3. The molecular formula is C13H13N3O6S2. The summed E-state index contributed by atoms with van der Waals surface area (Å²) in [6.45, 7) is 1.41. The van der Waals surface area contributed by atoms with Crippen LogP contribution < -0.4 is 5.73 Å². The molecule has 24 heavy (non-hydrogen) atoms. The van der Waals surface area contributed by atoms with Crippen molar-refractivity contribution in [1.82, 2.24) is 0 Å². The van der Waals surface area contributed by atoms with Crippen LogP contribution in [0.15, 0.2) is 56.4 Å². The van der Waals surface area contributed by atoms with E-state index in [1.165, 1.54) is 31.2 Å². The van der Waals surface area contributed by atoms with Crippen LogP contribution in [0.25, 0.3) is 0 Å². The van der Waals surface area contributed by atoms with E-state index in [-0.39, 0.29) is 27.5 Å². The number of nitrogens with zero attached hydrogens (tertiary/aromatic N) is 2. The molecule has 0 aliphatic carbocycles. The lowest BCUT2D eigenvalue weighted by Crippen LogP contribution is -2.05. The Kier molecular flexibility index (Phi) is 4.71. The molecule has 0 fully saturated rings. The highest BCUT2D eigenvalue weighted by atomic mass is 32.2. The Hall–Kier alpha value is -2.34. The third-order valence-electron chi connectivity index (χ3n) is 3.07. The van der Waals surface area contributed by atoms with Gasteiger partial charge in [0.2, 0.25) is 0 Å². The van der Waals surface area contributed by atoms with Crippen LogP contribution in [0.4, 0.5) is 17.1 Å². The summed E-state index contributed by atoms with van der Waals surface area (Å²) in [6.07, 6.45) is 0. The predicted octanol–water partition coefficient (Wildman–Crippen LogP) is 2.49. The highest BCUT2D eigenvalue weighted by Crippen LogP contribution is 2.31. The Labute approximate surface area is 138 Å². The van der Waals surface area contributed by atoms with E-state index in [9.17, 15) is 21.4 Å². The lowest BCUT2D eigenvalue weighted by atomic mass is 10.2. The maximum absolute atomic E-state index is 11.4. The molecule has 4 N–H and O–H groups in total. The largest absolute Gasteiger partial charge is 0.398 e. The van der Waals surface area contributed by atoms with E-state index < -0.39 is 25.1 Å². The fourth-order valence-electron chi connectivity index (χ4n) is 1.95. The van der Waals surface area contributed by atoms with Gasteiger partial charge >= 0.3 is 0 Å². The number of azo groups is 1. The molecule has 2 aromatic carbocycles. The fraction of sp³-hybridized carbons (Fsp3) is 0.0769. The second-order valence-electron chi connectivity index (χ2n) is 4.77. The summed E-state index contributed by atoms with van der Waals surface area (Å²) in [6, 6.07) is 7.60. The van der Waals surface area contributed by atoms with Crippen LogP contribution in [0.1, 0.15) is 5.56 Å². The molecule has 9 nitrogen and oxygen atoms in total. The number of benzene rings is 2. The first-order chi connectivity index (χ1) is 11.0. The lowest BCUT2D eigenvalue weighted by Gasteiger charge is -2.08. The fourth-order valence-corrected chi connectivity index (χ4v) is 3.29. The van der Waals surface area contributed by atoms with Gasteiger partial charge in [0.1, 0.15) is 4.90 Å². The molecule has 0 bridgehead atoms. The Morgan fingerprint density at radius 3 is 1.96 bits per heavy atom. The van der Waals surface area contributed by atoms with Crippen molar-refractivity contribution in [3.8, 4) is 0 Å². The predicted molar refractivity (Wildman–Crippen MR) is 85.8 cm³/mol. The summed E-state index contributed by atoms with van der Waals surface area (Å²) in [5.41, 5.74) is 5.98. The minimum Gasteiger partial charge on any atom is -0.398 e. The number of rotatable bonds is 4. The summed E-state index contributed by atoms with van der Waals surface area (Å²) >= 11 is 0. The van der Waals surface area contributed by atoms with Crippen molar-refractivity contribution >= 4 is 37.3 Å². The van der Waals surface area contributed by atoms with Gasteiger partial charge in [-0.2, -0.15) is 27.1 Å². The summed E-state index contributed by atoms with van der Waals surface area (Å²) in [5.74, 6) is 0. The van der Waals surface area contributed by atoms with Crippen molar-refractivity contribution in [3.63, 3.8) is 0 Å². The average molecular weight is 371 g/mol. The van der Waals surface area contributed by atoms with E-state index in [0.29, 0.717) is 0 Å². The molecule has 0 spiro atoms. The lowest BCUT2D eigenvalue weighted by molar-refractivity contribution is 0.481. The Bertz CT molecular complexity index is 1010. The van der Waals surface area contributed by atoms with E-state index in [0.717, 1.165) is 12.1 Å². The number of nitrogens with two attached hydrogens (primary N) is 1. The zero-order valence-corrected chi connectivity index (χ0v) is 13.9. The van der Waals surface area contributed by atoms with Gasteiger partial charge in [-0.25, -0.2) is 0 Å². The quantitative estimate of drug-likeness (QED) is 0.423. The first-order valence-electron chi connectivity index (χ1n) is 6.36. The maximum Gasteiger partial charge on any atom is 0.296 e. The zero-order chi connectivity index (χ0) is 18.1. The van der Waals surface area contributed by atoms with Crippen molar-refractivity contribution in [1.29, 1.82) is 0 Å². The van der Waals surface area contributed by atoms with E-state index >= 15 is 0 Å². The molecule has 0 saturated heterocycles. The normalized spacial score (nSPS) is 12.6. The van der Waals surface area contributed by atoms with Gasteiger partial charge in [-0.05, 0) is 48.9 Å². The van der Waals surface area contributed by atoms with Gasteiger partial charge < -0.3 is 5.73 Å². The van der Waals surface area contributed by atoms with Gasteiger partial charge in [0, 0.05) is 0 Å². The van der Waals surface area contributed by atoms with Crippen molar-refractivity contribution in [2.75, 3.05) is 5.73 Å². The Balaban J connectivity index is 2.40. The highest BCUT2D eigenvalue weighted by molar-refractivity contribution is 7.86. The summed E-state index contributed by atoms with van der Waals surface area (Å²) in [4.78, 5) is -0.737. The molecule has 2 aromatic rings. The van der Waals surface area contributed by atoms with Crippen LogP contribution in [-0.2, 0) is 20.2 Å². The van der Waals surface area contributed by atoms with Gasteiger partial charge in [-0.1, -0.05) is 0 Å². The van der Waals surface area contributed by atoms with Crippen LogP contribution >= 0.6 is 0 Å². The van der Waals surface area contributed by atoms with Crippen LogP contribution in [0, 0.1) is 6.92 Å². The summed E-state index contributed by atoms with van der Waals surface area (Å²) < 4.78 is 62.7. The molecule has 0 aliphatic heterocycles. The number of hydrogen-bond donors (Lipinski definition) is 3. The second kappa shape index (κ2) is 6.28. The van der Waals surface area contributed by atoms with Gasteiger partial charge in [-0.15, -0.1) is 0 Å². The second-order valence-corrected chi connectivity index (χ2v) is 7.55. The van der Waals surface area contributed by atoms with Crippen molar-refractivity contribution in [3.05, 3.63) is 42.0 Å². The van der Waals surface area contributed by atoms with Gasteiger partial charge in [0.05, 0.1) is 22.0 Å². The standard InChI is InChI=1S/C13H13N3O6S2/c1-8-12(7-6-11(14)13(8)24(20,21)22)16-15-9-2-4-10(5-3-9)23(17,18)19/h2-7H,14H2,1H3,(H,17,18,19)(H,20,21,22). The van der Waals surface area contributed by atoms with E-state index in [1.807, 2.05) is 0 Å². The molecular weight excluding hydrogens is 358 g/mol. The Morgan fingerprint density at radius 1 is 0.875 bits per heavy atom. The monoisotopic (exact) mass is 371 g/mol. The molecule has 128 valence electrons. The number of nitrogen functional groups attached to an aromatic ring is 1. The van der Waals surface area contributed by atoms with Crippen LogP contribution in [0.2, 0.25) is 0 Å². The first-order valence-corrected chi connectivity index (χ1v) is 9.24. The van der Waals surface area contributed by atoms with Crippen LogP contribution in [-0.4, -0.2) is 25.9 Å². The molecule has 11 heteroatoms. The van der Waals surface area contributed by atoms with Crippen LogP contribution in [0.3, 0.4) is 0 Å². The SMILES string of the molecule is Cc1c(N=Nc2ccc(S(=O)(=O)O)cc2)ccc(N)c1S(=O)(=O)O. The smallest absolute Gasteiger partial charge is 0.296 e. The number of hydrogen-bond acceptors (Lipinski definition) is 7. The molecule has 0 aliphatic rings. The van der Waals surface area contributed by atoms with Crippen molar-refractivity contribution in [2.45, 2.75) is 16.7 Å². The van der Waals surface area contributed by atoms with Crippen molar-refractivity contribution < 1.29 is 25.9 Å². The minimum absolute atomic E-state index is 0.119. The molecule has 0 atom stereocenters. The van der Waals surface area contributed by atoms with E-state index in [1.54, 1.807) is 0 Å². The molecule has 0 aromatic heterocycles. The van der Waals surface area contributed by atoms with Gasteiger partial charge in [-0.3, -0.25) is 9.11 Å². The maximum atomic E-state index is 11.4. The molecule has 0 amide bonds. The van der Waals surface area contributed by atoms with Gasteiger partial charge in [0.15, 0.2) is 0 Å². The minimum atomic E-state index is -4.51. The summed E-state index contributed by atoms with van der Waals surface area (Å²) in [5, 5.41) is 7.71. The van der Waals surface area contributed by atoms with Gasteiger partial charge in [0.25, 0.3) is 20.2 Å². The third kappa shape index (κ3) is 3.94. The first kappa shape index (κ1) is 18.0. The molecule has 2 rings (SSSR count). The number of anilines is 1. The van der Waals surface area contributed by atoms with Crippen molar-refractivity contribution in [2.24, 2.45) is 10.2 Å². The highest BCUT2D eigenvalue weighted by Gasteiger charge is 2.19. The molecule has 0 unspecified atom stereocenters. The van der Waals surface area contributed by atoms with Crippen LogP contribution in [0.5, 0.6) is 0 Å².